The van der Waals surface area contributed by atoms with Crippen molar-refractivity contribution in [3.8, 4) is 23.0 Å². The van der Waals surface area contributed by atoms with Crippen LogP contribution in [0.2, 0.25) is 0 Å². The van der Waals surface area contributed by atoms with E-state index in [2.05, 4.69) is 0 Å². The predicted molar refractivity (Wildman–Crippen MR) is 132 cm³/mol. The molecule has 0 saturated carbocycles. The summed E-state index contributed by atoms with van der Waals surface area (Å²) < 4.78 is 0. The highest BCUT2D eigenvalue weighted by Gasteiger charge is 2.18. The molecule has 33 heavy (non-hydrogen) atoms. The highest BCUT2D eigenvalue weighted by molar-refractivity contribution is 5.46. The van der Waals surface area contributed by atoms with Crippen LogP contribution in [0.25, 0.3) is 0 Å². The lowest BCUT2D eigenvalue weighted by atomic mass is 9.88. The van der Waals surface area contributed by atoms with Crippen molar-refractivity contribution >= 4 is 0 Å². The predicted octanol–water partition coefficient (Wildman–Crippen LogP) is 6.89. The van der Waals surface area contributed by atoms with Gasteiger partial charge in [0.1, 0.15) is 23.0 Å². The molecule has 0 aliphatic carbocycles. The SMILES string of the molecule is CC(c1ccccc1O)c1ccccc1O.CCC(c1ccccc1O)c1ccccc1O. The number of hydrogen-bond donors (Lipinski definition) is 4. The van der Waals surface area contributed by atoms with Crippen molar-refractivity contribution in [2.24, 2.45) is 0 Å². The zero-order valence-electron chi connectivity index (χ0n) is 18.9. The van der Waals surface area contributed by atoms with Crippen LogP contribution in [0.5, 0.6) is 23.0 Å². The van der Waals surface area contributed by atoms with Gasteiger partial charge in [-0.3, -0.25) is 0 Å². The number of aromatic hydroxyl groups is 4. The Labute approximate surface area is 195 Å². The summed E-state index contributed by atoms with van der Waals surface area (Å²) in [5.74, 6) is 1.08. The van der Waals surface area contributed by atoms with Gasteiger partial charge < -0.3 is 20.4 Å². The molecule has 0 fully saturated rings. The van der Waals surface area contributed by atoms with Gasteiger partial charge in [-0.1, -0.05) is 86.6 Å². The fourth-order valence-corrected chi connectivity index (χ4v) is 4.05. The molecule has 0 atom stereocenters. The second-order valence-electron chi connectivity index (χ2n) is 7.92. The Balaban J connectivity index is 0.000000186. The minimum Gasteiger partial charge on any atom is -0.508 e. The summed E-state index contributed by atoms with van der Waals surface area (Å²) in [6.45, 7) is 4.01. The van der Waals surface area contributed by atoms with Crippen LogP contribution in [0.4, 0.5) is 0 Å². The Bertz CT molecular complexity index is 1090. The number of phenols is 4. The number of benzene rings is 4. The highest BCUT2D eigenvalue weighted by atomic mass is 16.3. The molecule has 4 aromatic carbocycles. The van der Waals surface area contributed by atoms with Crippen LogP contribution in [0.1, 0.15) is 54.4 Å². The zero-order chi connectivity index (χ0) is 23.8. The first-order chi connectivity index (χ1) is 15.9. The molecule has 170 valence electrons. The standard InChI is InChI=1S/C15H16O2.C14H14O2/c1-2-11(12-7-3-5-9-14(12)16)13-8-4-6-10-15(13)17;1-10(11-6-2-4-8-13(11)15)12-7-3-5-9-14(12)16/h3-11,16-17H,2H2,1H3;2-10,15-16H,1H3. The maximum atomic E-state index is 9.88. The second-order valence-corrected chi connectivity index (χ2v) is 7.92. The summed E-state index contributed by atoms with van der Waals surface area (Å²) >= 11 is 0. The summed E-state index contributed by atoms with van der Waals surface area (Å²) in [6, 6.07) is 28.9. The topological polar surface area (TPSA) is 80.9 Å². The van der Waals surface area contributed by atoms with Crippen molar-refractivity contribution in [1.82, 2.24) is 0 Å². The molecule has 0 spiro atoms. The van der Waals surface area contributed by atoms with Gasteiger partial charge in [0.2, 0.25) is 0 Å². The van der Waals surface area contributed by atoms with Gasteiger partial charge in [0.25, 0.3) is 0 Å². The molecule has 4 aromatic rings. The summed E-state index contributed by atoms with van der Waals surface area (Å²) in [5, 5.41) is 39.3. The molecular weight excluding hydrogens is 412 g/mol. The number of rotatable bonds is 5. The van der Waals surface area contributed by atoms with Crippen molar-refractivity contribution in [3.63, 3.8) is 0 Å². The van der Waals surface area contributed by atoms with Gasteiger partial charge in [-0.15, -0.1) is 0 Å². The van der Waals surface area contributed by atoms with E-state index >= 15 is 0 Å². The first kappa shape index (κ1) is 23.7. The first-order valence-corrected chi connectivity index (χ1v) is 11.1. The van der Waals surface area contributed by atoms with Gasteiger partial charge in [-0.25, -0.2) is 0 Å². The van der Waals surface area contributed by atoms with Crippen LogP contribution in [0, 0.1) is 0 Å². The van der Waals surface area contributed by atoms with Gasteiger partial charge in [-0.2, -0.15) is 0 Å². The van der Waals surface area contributed by atoms with E-state index in [0.29, 0.717) is 0 Å². The van der Waals surface area contributed by atoms with Crippen LogP contribution in [0.3, 0.4) is 0 Å². The van der Waals surface area contributed by atoms with E-state index in [1.807, 2.05) is 62.4 Å². The molecule has 0 bridgehead atoms. The third-order valence-corrected chi connectivity index (χ3v) is 5.84. The van der Waals surface area contributed by atoms with E-state index in [1.54, 1.807) is 48.5 Å². The molecule has 0 radical (unpaired) electrons. The molecule has 0 unspecified atom stereocenters. The second kappa shape index (κ2) is 11.1. The molecule has 0 aromatic heterocycles. The lowest BCUT2D eigenvalue weighted by Crippen LogP contribution is -2.00. The largest absolute Gasteiger partial charge is 0.508 e. The number of para-hydroxylation sites is 4. The molecule has 0 aliphatic rings. The Hall–Kier alpha value is -3.92. The molecule has 0 aliphatic heterocycles. The summed E-state index contributed by atoms with van der Waals surface area (Å²) in [4.78, 5) is 0. The summed E-state index contributed by atoms with van der Waals surface area (Å²) in [5.41, 5.74) is 3.36. The normalized spacial score (nSPS) is 10.7. The molecule has 0 saturated heterocycles. The van der Waals surface area contributed by atoms with E-state index in [0.717, 1.165) is 28.7 Å². The van der Waals surface area contributed by atoms with Gasteiger partial charge in [0, 0.05) is 34.1 Å². The number of phenolic OH excluding ortho intramolecular Hbond substituents is 4. The van der Waals surface area contributed by atoms with E-state index in [-0.39, 0.29) is 34.8 Å². The van der Waals surface area contributed by atoms with Crippen molar-refractivity contribution in [1.29, 1.82) is 0 Å². The molecular formula is C29H30O4. The average Bonchev–Trinajstić information content (AvgIpc) is 2.82. The van der Waals surface area contributed by atoms with Crippen LogP contribution in [0.15, 0.2) is 97.1 Å². The van der Waals surface area contributed by atoms with Gasteiger partial charge >= 0.3 is 0 Å². The van der Waals surface area contributed by atoms with Crippen molar-refractivity contribution in [2.75, 3.05) is 0 Å². The Morgan fingerprint density at radius 3 is 1.03 bits per heavy atom. The van der Waals surface area contributed by atoms with E-state index in [4.69, 9.17) is 0 Å². The van der Waals surface area contributed by atoms with Crippen LogP contribution < -0.4 is 0 Å². The van der Waals surface area contributed by atoms with Crippen molar-refractivity contribution < 1.29 is 20.4 Å². The van der Waals surface area contributed by atoms with Crippen LogP contribution in [-0.4, -0.2) is 20.4 Å². The molecule has 0 heterocycles. The Kier molecular flexibility index (Phi) is 7.98. The Morgan fingerprint density at radius 2 is 0.758 bits per heavy atom. The van der Waals surface area contributed by atoms with Crippen molar-refractivity contribution in [3.05, 3.63) is 119 Å². The summed E-state index contributed by atoms with van der Waals surface area (Å²) in [7, 11) is 0. The smallest absolute Gasteiger partial charge is 0.119 e. The van der Waals surface area contributed by atoms with Gasteiger partial charge in [0.15, 0.2) is 0 Å². The average molecular weight is 443 g/mol. The summed E-state index contributed by atoms with van der Waals surface area (Å²) in [6.07, 6.45) is 0.829. The molecule has 4 rings (SSSR count). The molecule has 4 heteroatoms. The van der Waals surface area contributed by atoms with E-state index in [9.17, 15) is 20.4 Å². The monoisotopic (exact) mass is 442 g/mol. The third-order valence-electron chi connectivity index (χ3n) is 5.84. The van der Waals surface area contributed by atoms with E-state index in [1.165, 1.54) is 0 Å². The molecule has 0 amide bonds. The van der Waals surface area contributed by atoms with Gasteiger partial charge in [-0.05, 0) is 30.7 Å². The fourth-order valence-electron chi connectivity index (χ4n) is 4.05. The minimum atomic E-state index is -0.0256. The Morgan fingerprint density at radius 1 is 0.485 bits per heavy atom. The lowest BCUT2D eigenvalue weighted by Gasteiger charge is -2.18. The van der Waals surface area contributed by atoms with E-state index < -0.39 is 0 Å². The van der Waals surface area contributed by atoms with Crippen LogP contribution >= 0.6 is 0 Å². The van der Waals surface area contributed by atoms with Crippen LogP contribution in [-0.2, 0) is 0 Å². The van der Waals surface area contributed by atoms with Gasteiger partial charge in [0.05, 0.1) is 0 Å². The minimum absolute atomic E-state index is 0.0254. The maximum Gasteiger partial charge on any atom is 0.119 e. The van der Waals surface area contributed by atoms with Crippen molar-refractivity contribution in [2.45, 2.75) is 32.1 Å². The number of hydrogen-bond acceptors (Lipinski definition) is 4. The quantitative estimate of drug-likeness (QED) is 0.271. The zero-order valence-corrected chi connectivity index (χ0v) is 18.9. The molecule has 4 nitrogen and oxygen atoms in total. The maximum absolute atomic E-state index is 9.88. The molecule has 4 N–H and O–H groups in total. The third kappa shape index (κ3) is 5.66. The fraction of sp³-hybridized carbons (Fsp3) is 0.172. The lowest BCUT2D eigenvalue weighted by molar-refractivity contribution is 0.452. The first-order valence-electron chi connectivity index (χ1n) is 11.1. The highest BCUT2D eigenvalue weighted by Crippen LogP contribution is 2.37.